The van der Waals surface area contributed by atoms with Crippen molar-refractivity contribution < 1.29 is 9.90 Å². The number of H-pyrrole nitrogens is 1. The zero-order chi connectivity index (χ0) is 20.8. The summed E-state index contributed by atoms with van der Waals surface area (Å²) in [5.74, 6) is 1.26. The average molecular weight is 432 g/mol. The number of carbonyl (C=O) groups excluding carboxylic acids is 1. The van der Waals surface area contributed by atoms with Gasteiger partial charge in [0, 0.05) is 46.9 Å². The van der Waals surface area contributed by atoms with Crippen molar-refractivity contribution in [2.45, 2.75) is 43.9 Å². The summed E-state index contributed by atoms with van der Waals surface area (Å²) < 4.78 is 0. The number of halogens is 1. The fourth-order valence-electron chi connectivity index (χ4n) is 3.53. The van der Waals surface area contributed by atoms with Gasteiger partial charge in [0.15, 0.2) is 0 Å². The lowest BCUT2D eigenvalue weighted by molar-refractivity contribution is -0.117. The molecule has 0 amide bonds. The molecule has 2 N–H and O–H groups in total. The molecule has 0 unspecified atom stereocenters. The van der Waals surface area contributed by atoms with Crippen LogP contribution in [0.25, 0.3) is 5.57 Å². The summed E-state index contributed by atoms with van der Waals surface area (Å²) in [7, 11) is 0. The second-order valence-electron chi connectivity index (χ2n) is 7.27. The van der Waals surface area contributed by atoms with Gasteiger partial charge in [-0.15, -0.1) is 11.8 Å². The number of thioether (sulfide) groups is 1. The molecular weight excluding hydrogens is 406 g/mol. The molecular formula is C23H26ClNO3S. The molecule has 6 heteroatoms. The summed E-state index contributed by atoms with van der Waals surface area (Å²) in [4.78, 5) is 28.1. The topological polar surface area (TPSA) is 70.2 Å². The van der Waals surface area contributed by atoms with E-state index in [1.54, 1.807) is 11.8 Å². The fraction of sp³-hybridized carbons (Fsp3) is 0.391. The lowest BCUT2D eigenvalue weighted by Gasteiger charge is -2.14. The van der Waals surface area contributed by atoms with Crippen molar-refractivity contribution in [3.8, 4) is 0 Å². The number of aliphatic hydroxyl groups excluding tert-OH is 1. The van der Waals surface area contributed by atoms with E-state index in [4.69, 9.17) is 16.7 Å². The largest absolute Gasteiger partial charge is 0.396 e. The SMILES string of the molecule is CCc1ccc(C(=C[C@H]2CCC(=O)C2)c2ccc(SCCCO)c(Cl)c2)[nH]c1=O. The van der Waals surface area contributed by atoms with Crippen molar-refractivity contribution in [3.63, 3.8) is 0 Å². The maximum absolute atomic E-state index is 12.4. The van der Waals surface area contributed by atoms with Gasteiger partial charge >= 0.3 is 0 Å². The first kappa shape index (κ1) is 21.9. The summed E-state index contributed by atoms with van der Waals surface area (Å²) >= 11 is 8.14. The van der Waals surface area contributed by atoms with Gasteiger partial charge in [-0.25, -0.2) is 0 Å². The predicted molar refractivity (Wildman–Crippen MR) is 120 cm³/mol. The number of aromatic nitrogens is 1. The zero-order valence-electron chi connectivity index (χ0n) is 16.5. The number of aliphatic hydroxyl groups is 1. The first-order valence-electron chi connectivity index (χ1n) is 10.0. The maximum Gasteiger partial charge on any atom is 0.251 e. The number of aromatic amines is 1. The van der Waals surface area contributed by atoms with Crippen LogP contribution in [0.1, 0.15) is 49.4 Å². The van der Waals surface area contributed by atoms with E-state index in [-0.39, 0.29) is 23.9 Å². The maximum atomic E-state index is 12.4. The third-order valence-corrected chi connectivity index (χ3v) is 6.74. The predicted octanol–water partition coefficient (Wildman–Crippen LogP) is 4.87. The molecule has 1 atom stereocenters. The molecule has 29 heavy (non-hydrogen) atoms. The Hall–Kier alpha value is -1.82. The summed E-state index contributed by atoms with van der Waals surface area (Å²) in [6, 6.07) is 9.69. The van der Waals surface area contributed by atoms with Gasteiger partial charge in [0.1, 0.15) is 5.78 Å². The highest BCUT2D eigenvalue weighted by atomic mass is 35.5. The number of nitrogens with one attached hydrogen (secondary N) is 1. The Labute approximate surface area is 180 Å². The van der Waals surface area contributed by atoms with Crippen LogP contribution in [0.3, 0.4) is 0 Å². The van der Waals surface area contributed by atoms with Gasteiger partial charge in [-0.1, -0.05) is 36.7 Å². The summed E-state index contributed by atoms with van der Waals surface area (Å²) in [5.41, 5.74) is 3.22. The van der Waals surface area contributed by atoms with E-state index in [0.717, 1.165) is 39.5 Å². The van der Waals surface area contributed by atoms with E-state index >= 15 is 0 Å². The summed E-state index contributed by atoms with van der Waals surface area (Å²) in [6.07, 6.45) is 5.49. The number of Topliss-reactive ketones (excluding diaryl/α,β-unsaturated/α-hetero) is 1. The monoisotopic (exact) mass is 431 g/mol. The van der Waals surface area contributed by atoms with E-state index < -0.39 is 0 Å². The van der Waals surface area contributed by atoms with E-state index in [2.05, 4.69) is 11.1 Å². The number of ketones is 1. The molecule has 1 aromatic carbocycles. The lowest BCUT2D eigenvalue weighted by atomic mass is 9.95. The Bertz CT molecular complexity index is 967. The molecule has 1 aliphatic rings. The average Bonchev–Trinajstić information content (AvgIpc) is 3.12. The van der Waals surface area contributed by atoms with Crippen LogP contribution >= 0.6 is 23.4 Å². The minimum absolute atomic E-state index is 0.0827. The van der Waals surface area contributed by atoms with Crippen molar-refractivity contribution in [1.29, 1.82) is 0 Å². The highest BCUT2D eigenvalue weighted by Gasteiger charge is 2.22. The number of allylic oxidation sites excluding steroid dienone is 1. The van der Waals surface area contributed by atoms with Gasteiger partial charge in [0.25, 0.3) is 5.56 Å². The van der Waals surface area contributed by atoms with Crippen LogP contribution < -0.4 is 5.56 Å². The molecule has 1 aromatic heterocycles. The zero-order valence-corrected chi connectivity index (χ0v) is 18.1. The highest BCUT2D eigenvalue weighted by Crippen LogP contribution is 2.34. The number of benzene rings is 1. The van der Waals surface area contributed by atoms with Gasteiger partial charge < -0.3 is 10.1 Å². The molecule has 3 rings (SSSR count). The third-order valence-electron chi connectivity index (χ3n) is 5.15. The normalized spacial score (nSPS) is 17.1. The molecule has 0 radical (unpaired) electrons. The number of hydrogen-bond donors (Lipinski definition) is 2. The van der Waals surface area contributed by atoms with Gasteiger partial charge in [-0.2, -0.15) is 0 Å². The molecule has 0 spiro atoms. The second-order valence-corrected chi connectivity index (χ2v) is 8.82. The molecule has 0 saturated heterocycles. The minimum atomic E-state index is -0.0827. The van der Waals surface area contributed by atoms with Crippen LogP contribution in [-0.2, 0) is 11.2 Å². The van der Waals surface area contributed by atoms with Crippen LogP contribution in [0.4, 0.5) is 0 Å². The van der Waals surface area contributed by atoms with E-state index in [1.165, 1.54) is 0 Å². The molecule has 0 bridgehead atoms. The van der Waals surface area contributed by atoms with Gasteiger partial charge in [-0.05, 0) is 48.9 Å². The van der Waals surface area contributed by atoms with Crippen molar-refractivity contribution >= 4 is 34.7 Å². The molecule has 1 aliphatic carbocycles. The third kappa shape index (κ3) is 5.62. The van der Waals surface area contributed by atoms with Gasteiger partial charge in [-0.3, -0.25) is 9.59 Å². The lowest BCUT2D eigenvalue weighted by Crippen LogP contribution is -2.13. The molecule has 2 aromatic rings. The van der Waals surface area contributed by atoms with Crippen molar-refractivity contribution in [1.82, 2.24) is 4.98 Å². The standard InChI is InChI=1S/C23H26ClNO3S/c1-2-16-5-8-21(25-23(16)28)19(13-15-4-7-18(27)12-15)17-6-9-22(20(24)14-17)29-11-3-10-26/h5-6,8-9,13-15,26H,2-4,7,10-12H2,1H3,(H,25,28)/t15-/m0/s1. The molecule has 1 saturated carbocycles. The van der Waals surface area contributed by atoms with Gasteiger partial charge in [0.05, 0.1) is 5.02 Å². The molecule has 4 nitrogen and oxygen atoms in total. The van der Waals surface area contributed by atoms with E-state index in [0.29, 0.717) is 30.7 Å². The van der Waals surface area contributed by atoms with Crippen LogP contribution in [0.2, 0.25) is 5.02 Å². The number of carbonyl (C=O) groups is 1. The fourth-order valence-corrected chi connectivity index (χ4v) is 4.73. The Morgan fingerprint density at radius 1 is 1.31 bits per heavy atom. The summed E-state index contributed by atoms with van der Waals surface area (Å²) in [5, 5.41) is 9.61. The first-order chi connectivity index (χ1) is 14.0. The van der Waals surface area contributed by atoms with Crippen LogP contribution in [-0.4, -0.2) is 28.2 Å². The molecule has 154 valence electrons. The first-order valence-corrected chi connectivity index (χ1v) is 11.4. The smallest absolute Gasteiger partial charge is 0.251 e. The van der Waals surface area contributed by atoms with E-state index in [9.17, 15) is 9.59 Å². The van der Waals surface area contributed by atoms with Crippen LogP contribution in [0.5, 0.6) is 0 Å². The molecule has 0 aliphatic heterocycles. The number of pyridine rings is 1. The molecule has 1 heterocycles. The van der Waals surface area contributed by atoms with Crippen molar-refractivity contribution in [2.75, 3.05) is 12.4 Å². The Morgan fingerprint density at radius 3 is 2.76 bits per heavy atom. The number of rotatable bonds is 8. The number of hydrogen-bond acceptors (Lipinski definition) is 4. The molecule has 1 fully saturated rings. The Kier molecular flexibility index (Phi) is 7.76. The Morgan fingerprint density at radius 2 is 2.14 bits per heavy atom. The number of aryl methyl sites for hydroxylation is 1. The van der Waals surface area contributed by atoms with Gasteiger partial charge in [0.2, 0.25) is 0 Å². The van der Waals surface area contributed by atoms with Crippen molar-refractivity contribution in [3.05, 3.63) is 68.6 Å². The van der Waals surface area contributed by atoms with Crippen LogP contribution in [0, 0.1) is 5.92 Å². The summed E-state index contributed by atoms with van der Waals surface area (Å²) in [6.45, 7) is 2.12. The second kappa shape index (κ2) is 10.3. The van der Waals surface area contributed by atoms with Crippen LogP contribution in [0.15, 0.2) is 46.1 Å². The highest BCUT2D eigenvalue weighted by molar-refractivity contribution is 7.99. The quantitative estimate of drug-likeness (QED) is 0.462. The minimum Gasteiger partial charge on any atom is -0.396 e. The van der Waals surface area contributed by atoms with E-state index in [1.807, 2.05) is 37.3 Å². The van der Waals surface area contributed by atoms with Crippen molar-refractivity contribution in [2.24, 2.45) is 5.92 Å². The Balaban J connectivity index is 1.98.